The molecule has 0 aliphatic heterocycles. The summed E-state index contributed by atoms with van der Waals surface area (Å²) >= 11 is 6.25. The molecule has 1 aromatic carbocycles. The molecule has 4 nitrogen and oxygen atoms in total. The summed E-state index contributed by atoms with van der Waals surface area (Å²) in [6.07, 6.45) is -1.59. The smallest absolute Gasteiger partial charge is 0.318 e. The zero-order chi connectivity index (χ0) is 21.2. The van der Waals surface area contributed by atoms with Gasteiger partial charge in [0.25, 0.3) is 0 Å². The van der Waals surface area contributed by atoms with Crippen LogP contribution < -0.4 is 5.56 Å². The lowest BCUT2D eigenvalue weighted by molar-refractivity contribution is -0.137. The molecule has 3 aromatic rings. The Bertz CT molecular complexity index is 1090. The highest BCUT2D eigenvalue weighted by Crippen LogP contribution is 2.35. The number of aryl methyl sites for hydroxylation is 1. The minimum atomic E-state index is -4.46. The van der Waals surface area contributed by atoms with Crippen LogP contribution in [0.5, 0.6) is 0 Å². The first-order chi connectivity index (χ1) is 13.7. The van der Waals surface area contributed by atoms with Gasteiger partial charge in [-0.3, -0.25) is 14.6 Å². The highest BCUT2D eigenvalue weighted by atomic mass is 35.5. The fraction of sp³-hybridized carbons (Fsp3) is 0.190. The molecule has 0 unspecified atom stereocenters. The highest BCUT2D eigenvalue weighted by molar-refractivity contribution is 6.31. The second-order valence-electron chi connectivity index (χ2n) is 6.54. The van der Waals surface area contributed by atoms with E-state index in [1.807, 2.05) is 0 Å². The predicted octanol–water partition coefficient (Wildman–Crippen LogP) is 4.86. The monoisotopic (exact) mass is 420 g/mol. The largest absolute Gasteiger partial charge is 0.416 e. The van der Waals surface area contributed by atoms with Crippen LogP contribution in [0, 0.1) is 0 Å². The Morgan fingerprint density at radius 2 is 1.83 bits per heavy atom. The number of ketones is 1. The van der Waals surface area contributed by atoms with Crippen LogP contribution in [0.15, 0.2) is 65.7 Å². The third kappa shape index (κ3) is 4.74. The Labute approximate surface area is 169 Å². The summed E-state index contributed by atoms with van der Waals surface area (Å²) in [7, 11) is 1.53. The summed E-state index contributed by atoms with van der Waals surface area (Å²) in [6, 6.07) is 10.5. The topological polar surface area (TPSA) is 52.0 Å². The lowest BCUT2D eigenvalue weighted by Crippen LogP contribution is -2.18. The van der Waals surface area contributed by atoms with Gasteiger partial charge in [-0.2, -0.15) is 13.2 Å². The van der Waals surface area contributed by atoms with Crippen molar-refractivity contribution in [2.75, 3.05) is 0 Å². The molecule has 2 heterocycles. The van der Waals surface area contributed by atoms with E-state index in [0.717, 1.165) is 12.1 Å². The van der Waals surface area contributed by atoms with E-state index in [9.17, 15) is 22.8 Å². The van der Waals surface area contributed by atoms with Crippen LogP contribution in [0.1, 0.15) is 39.5 Å². The SMILES string of the molecule is Cn1cc(C(=O)C[C@@H](c2ccc(C(F)(F)F)cc2)c2ncccc2Cl)ccc1=O. The average molecular weight is 421 g/mol. The highest BCUT2D eigenvalue weighted by Gasteiger charge is 2.31. The van der Waals surface area contributed by atoms with Gasteiger partial charge in [-0.15, -0.1) is 0 Å². The van der Waals surface area contributed by atoms with Crippen molar-refractivity contribution in [3.05, 3.63) is 98.7 Å². The zero-order valence-electron chi connectivity index (χ0n) is 15.3. The summed E-state index contributed by atoms with van der Waals surface area (Å²) in [5, 5.41) is 0.311. The molecule has 0 fully saturated rings. The van der Waals surface area contributed by atoms with Gasteiger partial charge in [0, 0.05) is 43.4 Å². The number of rotatable bonds is 5. The maximum Gasteiger partial charge on any atom is 0.416 e. The number of hydrogen-bond acceptors (Lipinski definition) is 3. The number of carbonyl (C=O) groups is 1. The molecule has 150 valence electrons. The number of nitrogens with zero attached hydrogens (tertiary/aromatic N) is 2. The van der Waals surface area contributed by atoms with Crippen molar-refractivity contribution < 1.29 is 18.0 Å². The molecule has 29 heavy (non-hydrogen) atoms. The Morgan fingerprint density at radius 1 is 1.14 bits per heavy atom. The van der Waals surface area contributed by atoms with Crippen molar-refractivity contribution >= 4 is 17.4 Å². The van der Waals surface area contributed by atoms with Crippen LogP contribution in [0.2, 0.25) is 5.02 Å². The van der Waals surface area contributed by atoms with Crippen molar-refractivity contribution in [2.45, 2.75) is 18.5 Å². The standard InChI is InChI=1S/C21H16ClF3N2O2/c1-27-12-14(6-9-19(27)29)18(28)11-16(20-17(22)3-2-10-26-20)13-4-7-15(8-5-13)21(23,24)25/h2-10,12,16H,11H2,1H3/t16-/m0/s1. The zero-order valence-corrected chi connectivity index (χ0v) is 16.0. The summed E-state index contributed by atoms with van der Waals surface area (Å²) in [5.41, 5.74) is 0.157. The van der Waals surface area contributed by atoms with Crippen molar-refractivity contribution in [2.24, 2.45) is 7.05 Å². The van der Waals surface area contributed by atoms with Crippen LogP contribution in [0.25, 0.3) is 0 Å². The van der Waals surface area contributed by atoms with Gasteiger partial charge in [0.1, 0.15) is 0 Å². The Balaban J connectivity index is 2.00. The summed E-state index contributed by atoms with van der Waals surface area (Å²) in [6.45, 7) is 0. The van der Waals surface area contributed by atoms with Crippen molar-refractivity contribution in [1.29, 1.82) is 0 Å². The third-order valence-corrected chi connectivity index (χ3v) is 4.87. The number of hydrogen-bond donors (Lipinski definition) is 0. The van der Waals surface area contributed by atoms with E-state index < -0.39 is 17.7 Å². The Hall–Kier alpha value is -2.93. The predicted molar refractivity (Wildman–Crippen MR) is 103 cm³/mol. The molecule has 1 atom stereocenters. The average Bonchev–Trinajstić information content (AvgIpc) is 2.68. The molecular formula is C21H16ClF3N2O2. The van der Waals surface area contributed by atoms with Crippen LogP contribution in [-0.4, -0.2) is 15.3 Å². The summed E-state index contributed by atoms with van der Waals surface area (Å²) in [5.74, 6) is -0.928. The van der Waals surface area contributed by atoms with Gasteiger partial charge < -0.3 is 4.57 Å². The third-order valence-electron chi connectivity index (χ3n) is 4.55. The van der Waals surface area contributed by atoms with Crippen LogP contribution >= 0.6 is 11.6 Å². The van der Waals surface area contributed by atoms with Gasteiger partial charge >= 0.3 is 6.18 Å². The van der Waals surface area contributed by atoms with E-state index in [0.29, 0.717) is 21.8 Å². The molecule has 0 N–H and O–H groups in total. The minimum absolute atomic E-state index is 0.0691. The van der Waals surface area contributed by atoms with E-state index in [1.165, 1.54) is 48.3 Å². The molecule has 0 radical (unpaired) electrons. The van der Waals surface area contributed by atoms with Gasteiger partial charge in [-0.05, 0) is 35.9 Å². The van der Waals surface area contributed by atoms with Crippen LogP contribution in [-0.2, 0) is 13.2 Å². The number of benzene rings is 1. The lowest BCUT2D eigenvalue weighted by Gasteiger charge is -2.18. The normalized spacial score (nSPS) is 12.6. The van der Waals surface area contributed by atoms with Gasteiger partial charge in [0.2, 0.25) is 5.56 Å². The molecule has 2 aromatic heterocycles. The number of pyridine rings is 2. The van der Waals surface area contributed by atoms with E-state index in [4.69, 9.17) is 11.6 Å². The number of alkyl halides is 3. The Kier molecular flexibility index (Phi) is 5.88. The second-order valence-corrected chi connectivity index (χ2v) is 6.94. The molecule has 0 spiro atoms. The van der Waals surface area contributed by atoms with E-state index >= 15 is 0 Å². The fourth-order valence-corrected chi connectivity index (χ4v) is 3.25. The lowest BCUT2D eigenvalue weighted by atomic mass is 9.88. The molecular weight excluding hydrogens is 405 g/mol. The van der Waals surface area contributed by atoms with Gasteiger partial charge in [0.15, 0.2) is 5.78 Å². The van der Waals surface area contributed by atoms with Gasteiger partial charge in [0.05, 0.1) is 16.3 Å². The summed E-state index contributed by atoms with van der Waals surface area (Å²) < 4.78 is 40.0. The fourth-order valence-electron chi connectivity index (χ4n) is 2.99. The molecule has 0 aliphatic rings. The number of halogens is 4. The molecule has 8 heteroatoms. The Morgan fingerprint density at radius 3 is 2.41 bits per heavy atom. The van der Waals surface area contributed by atoms with Crippen LogP contribution in [0.3, 0.4) is 0 Å². The van der Waals surface area contributed by atoms with Gasteiger partial charge in [-0.1, -0.05) is 23.7 Å². The van der Waals surface area contributed by atoms with E-state index in [1.54, 1.807) is 12.1 Å². The maximum atomic E-state index is 12.9. The number of Topliss-reactive ketones (excluding diaryl/α,β-unsaturated/α-hetero) is 1. The molecule has 0 aliphatic carbocycles. The van der Waals surface area contributed by atoms with Crippen molar-refractivity contribution in [3.63, 3.8) is 0 Å². The number of aromatic nitrogens is 2. The molecule has 0 bridgehead atoms. The molecule has 0 saturated heterocycles. The van der Waals surface area contributed by atoms with Crippen molar-refractivity contribution in [3.8, 4) is 0 Å². The maximum absolute atomic E-state index is 12.9. The summed E-state index contributed by atoms with van der Waals surface area (Å²) in [4.78, 5) is 28.6. The van der Waals surface area contributed by atoms with E-state index in [2.05, 4.69) is 4.98 Å². The quantitative estimate of drug-likeness (QED) is 0.554. The van der Waals surface area contributed by atoms with E-state index in [-0.39, 0.29) is 17.8 Å². The first-order valence-corrected chi connectivity index (χ1v) is 9.02. The minimum Gasteiger partial charge on any atom is -0.318 e. The van der Waals surface area contributed by atoms with Crippen LogP contribution in [0.4, 0.5) is 13.2 Å². The molecule has 0 amide bonds. The first kappa shape index (κ1) is 20.8. The van der Waals surface area contributed by atoms with Crippen molar-refractivity contribution in [1.82, 2.24) is 9.55 Å². The molecule has 0 saturated carbocycles. The first-order valence-electron chi connectivity index (χ1n) is 8.64. The number of carbonyl (C=O) groups excluding carboxylic acids is 1. The molecule has 3 rings (SSSR count). The van der Waals surface area contributed by atoms with Gasteiger partial charge in [-0.25, -0.2) is 0 Å². The second kappa shape index (κ2) is 8.21.